The molecule has 0 aromatic rings. The Morgan fingerprint density at radius 2 is 0.718 bits per heavy atom. The van der Waals surface area contributed by atoms with E-state index in [1.54, 1.807) is 41.5 Å². The first-order valence-electron chi connectivity index (χ1n) is 13.4. The molecule has 39 heavy (non-hydrogen) atoms. The van der Waals surface area contributed by atoms with Gasteiger partial charge in [0.15, 0.2) is 0 Å². The lowest BCUT2D eigenvalue weighted by Gasteiger charge is -2.42. The number of carbonyl (C=O) groups excluding carboxylic acids is 5. The Balaban J connectivity index is 6.32. The lowest BCUT2D eigenvalue weighted by molar-refractivity contribution is -0.318. The molecule has 0 aromatic carbocycles. The molecule has 0 fully saturated rings. The van der Waals surface area contributed by atoms with Gasteiger partial charge < -0.3 is 49.5 Å². The van der Waals surface area contributed by atoms with Crippen LogP contribution >= 0.6 is 0 Å². The standard InChI is InChI=1S/C26H47N3O10/c1-7-16(4)21(24(34)35)27(10-12-28(14-19(30)31)22(25(36)37)17(5)8-2)11-13-29(15-20(32)33)23(26(38)39)18(6)9-3/h16-18,21-23H,7-15H2,1-6H3,(H,30,31)(H,32,33)(H,34,35)(H,36,37)(H,38,39)/p-5. The molecular formula is C26H42N3O10-5. The van der Waals surface area contributed by atoms with Crippen LogP contribution in [0.1, 0.15) is 60.8 Å². The van der Waals surface area contributed by atoms with Gasteiger partial charge >= 0.3 is 0 Å². The number of carboxylic acid groups (broad SMARTS) is 5. The Morgan fingerprint density at radius 3 is 0.923 bits per heavy atom. The first-order valence-corrected chi connectivity index (χ1v) is 13.4. The maximum Gasteiger partial charge on any atom is 0.0589 e. The van der Waals surface area contributed by atoms with Crippen molar-refractivity contribution in [3.05, 3.63) is 0 Å². The summed E-state index contributed by atoms with van der Waals surface area (Å²) in [5.74, 6) is -8.91. The molecule has 226 valence electrons. The summed E-state index contributed by atoms with van der Waals surface area (Å²) in [6.07, 6.45) is 1.22. The smallest absolute Gasteiger partial charge is 0.0589 e. The minimum Gasteiger partial charge on any atom is -0.549 e. The van der Waals surface area contributed by atoms with Gasteiger partial charge in [-0.25, -0.2) is 0 Å². The molecule has 6 unspecified atom stereocenters. The van der Waals surface area contributed by atoms with Gasteiger partial charge in [-0.1, -0.05) is 60.8 Å². The van der Waals surface area contributed by atoms with Gasteiger partial charge in [0.2, 0.25) is 0 Å². The SMILES string of the molecule is CCC(C)C(C(=O)[O-])N(CCN(CC(=O)[O-])C(C(=O)[O-])C(C)CC)CCN(CC(=O)[O-])C(C(=O)[O-])C(C)CC. The molecule has 0 bridgehead atoms. The Kier molecular flexibility index (Phi) is 16.5. The summed E-state index contributed by atoms with van der Waals surface area (Å²) in [6, 6.07) is -3.79. The Hall–Kier alpha value is -2.77. The molecule has 0 spiro atoms. The lowest BCUT2D eigenvalue weighted by atomic mass is 9.96. The summed E-state index contributed by atoms with van der Waals surface area (Å²) in [6.45, 7) is 7.95. The molecule has 0 aromatic heterocycles. The fraction of sp³-hybridized carbons (Fsp3) is 0.808. The molecule has 0 rings (SSSR count). The van der Waals surface area contributed by atoms with Crippen LogP contribution in [0.15, 0.2) is 0 Å². The lowest BCUT2D eigenvalue weighted by Crippen LogP contribution is -2.60. The zero-order chi connectivity index (χ0) is 30.4. The summed E-state index contributed by atoms with van der Waals surface area (Å²) >= 11 is 0. The minimum absolute atomic E-state index is 0.144. The molecule has 0 radical (unpaired) electrons. The largest absolute Gasteiger partial charge is 0.549 e. The molecule has 13 heteroatoms. The maximum atomic E-state index is 12.2. The van der Waals surface area contributed by atoms with Crippen molar-refractivity contribution >= 4 is 29.8 Å². The summed E-state index contributed by atoms with van der Waals surface area (Å²) in [5.41, 5.74) is 0. The van der Waals surface area contributed by atoms with Crippen molar-refractivity contribution in [3.63, 3.8) is 0 Å². The van der Waals surface area contributed by atoms with E-state index >= 15 is 0 Å². The van der Waals surface area contributed by atoms with E-state index < -0.39 is 78.8 Å². The van der Waals surface area contributed by atoms with Gasteiger partial charge in [0, 0.05) is 39.3 Å². The monoisotopic (exact) mass is 556 g/mol. The van der Waals surface area contributed by atoms with Gasteiger partial charge in [0.1, 0.15) is 0 Å². The summed E-state index contributed by atoms with van der Waals surface area (Å²) < 4.78 is 0. The van der Waals surface area contributed by atoms with E-state index in [2.05, 4.69) is 0 Å². The average Bonchev–Trinajstić information content (AvgIpc) is 2.83. The molecular weight excluding hydrogens is 514 g/mol. The number of carbonyl (C=O) groups is 5. The fourth-order valence-electron chi connectivity index (χ4n) is 4.76. The molecule has 0 saturated carbocycles. The molecule has 0 aliphatic carbocycles. The highest BCUT2D eigenvalue weighted by molar-refractivity contribution is 5.74. The highest BCUT2D eigenvalue weighted by atomic mass is 16.4. The normalized spacial score (nSPS) is 16.4. The van der Waals surface area contributed by atoms with Crippen molar-refractivity contribution in [1.82, 2.24) is 14.7 Å². The number of hydrogen-bond donors (Lipinski definition) is 0. The summed E-state index contributed by atoms with van der Waals surface area (Å²) in [4.78, 5) is 62.5. The van der Waals surface area contributed by atoms with Crippen LogP contribution in [0, 0.1) is 17.8 Å². The van der Waals surface area contributed by atoms with E-state index in [9.17, 15) is 49.5 Å². The summed E-state index contributed by atoms with van der Waals surface area (Å²) in [7, 11) is 0. The molecule has 0 aliphatic rings. The van der Waals surface area contributed by atoms with E-state index in [0.29, 0.717) is 19.3 Å². The number of hydrogen-bond acceptors (Lipinski definition) is 13. The predicted octanol–water partition coefficient (Wildman–Crippen LogP) is -5.11. The van der Waals surface area contributed by atoms with Gasteiger partial charge in [-0.3, -0.25) is 14.7 Å². The Morgan fingerprint density at radius 1 is 0.487 bits per heavy atom. The second kappa shape index (κ2) is 17.7. The van der Waals surface area contributed by atoms with E-state index in [4.69, 9.17) is 0 Å². The second-order valence-electron chi connectivity index (χ2n) is 10.2. The molecule has 0 amide bonds. The van der Waals surface area contributed by atoms with Gasteiger partial charge in [-0.05, 0) is 17.8 Å². The molecule has 0 heterocycles. The van der Waals surface area contributed by atoms with Crippen LogP contribution in [0.25, 0.3) is 0 Å². The van der Waals surface area contributed by atoms with Gasteiger partial charge in [0.25, 0.3) is 0 Å². The van der Waals surface area contributed by atoms with Crippen LogP contribution in [0.5, 0.6) is 0 Å². The van der Waals surface area contributed by atoms with Crippen LogP contribution in [-0.2, 0) is 24.0 Å². The minimum atomic E-state index is -1.53. The van der Waals surface area contributed by atoms with E-state index in [1.807, 2.05) is 0 Å². The molecule has 0 aliphatic heterocycles. The van der Waals surface area contributed by atoms with E-state index in [1.165, 1.54) is 4.90 Å². The van der Waals surface area contributed by atoms with Crippen molar-refractivity contribution in [2.24, 2.45) is 17.8 Å². The highest BCUT2D eigenvalue weighted by Gasteiger charge is 2.31. The van der Waals surface area contributed by atoms with Crippen molar-refractivity contribution in [2.45, 2.75) is 78.9 Å². The highest BCUT2D eigenvalue weighted by Crippen LogP contribution is 2.19. The average molecular weight is 557 g/mol. The third-order valence-corrected chi connectivity index (χ3v) is 7.47. The molecule has 6 atom stereocenters. The first kappa shape index (κ1) is 36.2. The van der Waals surface area contributed by atoms with E-state index in [0.717, 1.165) is 9.80 Å². The Bertz CT molecular complexity index is 772. The topological polar surface area (TPSA) is 210 Å². The molecule has 0 N–H and O–H groups in total. The number of nitrogens with zero attached hydrogens (tertiary/aromatic N) is 3. The van der Waals surface area contributed by atoms with Crippen LogP contribution in [0.2, 0.25) is 0 Å². The van der Waals surface area contributed by atoms with Crippen LogP contribution in [0.4, 0.5) is 0 Å². The number of aliphatic carboxylic acids is 5. The van der Waals surface area contributed by atoms with Crippen molar-refractivity contribution in [2.75, 3.05) is 39.3 Å². The van der Waals surface area contributed by atoms with E-state index in [-0.39, 0.29) is 26.2 Å². The van der Waals surface area contributed by atoms with Crippen molar-refractivity contribution < 1.29 is 49.5 Å². The van der Waals surface area contributed by atoms with Gasteiger partial charge in [0.05, 0.1) is 48.0 Å². The van der Waals surface area contributed by atoms with Crippen LogP contribution in [-0.4, -0.2) is 102 Å². The van der Waals surface area contributed by atoms with Crippen LogP contribution in [0.3, 0.4) is 0 Å². The molecule has 0 saturated heterocycles. The van der Waals surface area contributed by atoms with Crippen LogP contribution < -0.4 is 25.5 Å². The third kappa shape index (κ3) is 11.9. The fourth-order valence-corrected chi connectivity index (χ4v) is 4.76. The maximum absolute atomic E-state index is 12.2. The summed E-state index contributed by atoms with van der Waals surface area (Å²) in [5, 5.41) is 58.8. The second-order valence-corrected chi connectivity index (χ2v) is 10.2. The Labute approximate surface area is 230 Å². The zero-order valence-corrected chi connectivity index (χ0v) is 23.8. The molecule has 13 nitrogen and oxygen atoms in total. The zero-order valence-electron chi connectivity index (χ0n) is 23.8. The quantitative estimate of drug-likeness (QED) is 0.122. The van der Waals surface area contributed by atoms with Crippen molar-refractivity contribution in [3.8, 4) is 0 Å². The van der Waals surface area contributed by atoms with Crippen molar-refractivity contribution in [1.29, 1.82) is 0 Å². The van der Waals surface area contributed by atoms with Gasteiger partial charge in [-0.15, -0.1) is 0 Å². The first-order chi connectivity index (χ1) is 18.1. The van der Waals surface area contributed by atoms with Gasteiger partial charge in [-0.2, -0.15) is 0 Å². The predicted molar refractivity (Wildman–Crippen MR) is 129 cm³/mol. The third-order valence-electron chi connectivity index (χ3n) is 7.47. The number of rotatable bonds is 22. The number of carboxylic acids is 5.